The van der Waals surface area contributed by atoms with E-state index in [9.17, 15) is 4.79 Å². The predicted octanol–water partition coefficient (Wildman–Crippen LogP) is 4.46. The maximum absolute atomic E-state index is 12.2. The predicted molar refractivity (Wildman–Crippen MR) is 154 cm³/mol. The van der Waals surface area contributed by atoms with Crippen molar-refractivity contribution < 1.29 is 19.0 Å². The van der Waals surface area contributed by atoms with E-state index in [-0.39, 0.29) is 6.61 Å². The van der Waals surface area contributed by atoms with Crippen molar-refractivity contribution in [2.75, 3.05) is 19.0 Å². The lowest BCUT2D eigenvalue weighted by Crippen LogP contribution is -2.27. The highest BCUT2D eigenvalue weighted by atomic mass is 16.6. The molecule has 0 radical (unpaired) electrons. The third-order valence-corrected chi connectivity index (χ3v) is 6.12. The van der Waals surface area contributed by atoms with Gasteiger partial charge >= 0.3 is 5.97 Å². The molecule has 5 rings (SSSR count). The van der Waals surface area contributed by atoms with E-state index in [0.717, 1.165) is 23.1 Å². The quantitative estimate of drug-likeness (QED) is 0.236. The van der Waals surface area contributed by atoms with Crippen LogP contribution in [-0.2, 0) is 29.2 Å². The number of methoxy groups -OCH3 is 1. The zero-order valence-electron chi connectivity index (χ0n) is 23.6. The third-order valence-electron chi connectivity index (χ3n) is 6.12. The van der Waals surface area contributed by atoms with Crippen molar-refractivity contribution in [3.8, 4) is 11.5 Å². The van der Waals surface area contributed by atoms with Gasteiger partial charge in [-0.25, -0.2) is 14.8 Å². The number of nitrogens with zero attached hydrogens (tertiary/aromatic N) is 6. The standard InChI is InChI=1S/C30H33N7O4/c1-30(2,3)41-27(38)19-40-26-14-24(39-4)11-10-23(26)15-31-28-25-18-37(35-29(25)33-20-32-28)17-22-8-6-21(7-9-22)16-36-13-5-12-34-36/h5-14,18,20H,15-17,19H2,1-4H3,(H,31,32,33,35). The van der Waals surface area contributed by atoms with E-state index >= 15 is 0 Å². The molecule has 1 N–H and O–H groups in total. The highest BCUT2D eigenvalue weighted by molar-refractivity contribution is 5.85. The SMILES string of the molecule is COc1ccc(CNc2ncnc3nn(Cc4ccc(Cn5cccn5)cc4)cc23)c(OCC(=O)OC(C)(C)C)c1. The second kappa shape index (κ2) is 12.1. The van der Waals surface area contributed by atoms with Crippen LogP contribution in [0.2, 0.25) is 0 Å². The number of hydrogen-bond donors (Lipinski definition) is 1. The number of ether oxygens (including phenoxy) is 3. The molecule has 41 heavy (non-hydrogen) atoms. The maximum Gasteiger partial charge on any atom is 0.344 e. The Labute approximate surface area is 238 Å². The van der Waals surface area contributed by atoms with Crippen LogP contribution in [0.15, 0.2) is 73.4 Å². The van der Waals surface area contributed by atoms with Crippen LogP contribution < -0.4 is 14.8 Å². The topological polar surface area (TPSA) is 118 Å². The number of rotatable bonds is 11. The number of carbonyl (C=O) groups is 1. The summed E-state index contributed by atoms with van der Waals surface area (Å²) in [5.74, 6) is 1.33. The molecule has 0 fully saturated rings. The molecule has 11 nitrogen and oxygen atoms in total. The fraction of sp³-hybridized carbons (Fsp3) is 0.300. The number of aromatic nitrogens is 6. The van der Waals surface area contributed by atoms with Gasteiger partial charge in [-0.15, -0.1) is 0 Å². The molecule has 11 heteroatoms. The van der Waals surface area contributed by atoms with Gasteiger partial charge < -0.3 is 19.5 Å². The molecule has 0 atom stereocenters. The molecule has 0 saturated carbocycles. The minimum atomic E-state index is -0.591. The van der Waals surface area contributed by atoms with Crippen molar-refractivity contribution in [3.05, 3.63) is 90.1 Å². The van der Waals surface area contributed by atoms with Crippen LogP contribution in [0.4, 0.5) is 5.82 Å². The smallest absolute Gasteiger partial charge is 0.344 e. The summed E-state index contributed by atoms with van der Waals surface area (Å²) in [6.07, 6.45) is 7.14. The van der Waals surface area contributed by atoms with E-state index in [4.69, 9.17) is 14.2 Å². The number of nitrogens with one attached hydrogen (secondary N) is 1. The monoisotopic (exact) mass is 555 g/mol. The number of carbonyl (C=O) groups excluding carboxylic acids is 1. The molecule has 0 amide bonds. The number of fused-ring (bicyclic) bond motifs is 1. The van der Waals surface area contributed by atoms with Gasteiger partial charge in [-0.05, 0) is 50.1 Å². The molecule has 2 aromatic carbocycles. The maximum atomic E-state index is 12.2. The molecular weight excluding hydrogens is 522 g/mol. The molecule has 0 bridgehead atoms. The van der Waals surface area contributed by atoms with Gasteiger partial charge in [0.25, 0.3) is 0 Å². The van der Waals surface area contributed by atoms with Gasteiger partial charge in [-0.2, -0.15) is 10.2 Å². The van der Waals surface area contributed by atoms with Gasteiger partial charge in [-0.3, -0.25) is 9.36 Å². The van der Waals surface area contributed by atoms with Crippen LogP contribution >= 0.6 is 0 Å². The number of benzene rings is 2. The lowest BCUT2D eigenvalue weighted by atomic mass is 10.1. The molecule has 212 valence electrons. The van der Waals surface area contributed by atoms with Crippen LogP contribution in [0.5, 0.6) is 11.5 Å². The number of anilines is 1. The minimum Gasteiger partial charge on any atom is -0.497 e. The van der Waals surface area contributed by atoms with Crippen LogP contribution in [-0.4, -0.2) is 54.8 Å². The summed E-state index contributed by atoms with van der Waals surface area (Å²) in [6.45, 7) is 6.95. The Morgan fingerprint density at radius 3 is 2.44 bits per heavy atom. The fourth-order valence-corrected chi connectivity index (χ4v) is 4.25. The molecule has 0 aliphatic carbocycles. The van der Waals surface area contributed by atoms with Crippen molar-refractivity contribution in [3.63, 3.8) is 0 Å². The Morgan fingerprint density at radius 1 is 1.00 bits per heavy atom. The number of esters is 1. The summed E-state index contributed by atoms with van der Waals surface area (Å²) >= 11 is 0. The first-order valence-corrected chi connectivity index (χ1v) is 13.2. The van der Waals surface area contributed by atoms with Crippen LogP contribution in [0, 0.1) is 0 Å². The average Bonchev–Trinajstić information content (AvgIpc) is 3.61. The molecule has 0 aliphatic rings. The zero-order valence-corrected chi connectivity index (χ0v) is 23.6. The summed E-state index contributed by atoms with van der Waals surface area (Å²) in [4.78, 5) is 21.0. The van der Waals surface area contributed by atoms with E-state index in [1.807, 2.05) is 60.7 Å². The van der Waals surface area contributed by atoms with E-state index in [2.05, 4.69) is 49.7 Å². The molecular formula is C30H33N7O4. The fourth-order valence-electron chi connectivity index (χ4n) is 4.25. The van der Waals surface area contributed by atoms with Crippen LogP contribution in [0.3, 0.4) is 0 Å². The molecule has 0 saturated heterocycles. The Hall–Kier alpha value is -4.93. The van der Waals surface area contributed by atoms with Gasteiger partial charge in [-0.1, -0.05) is 24.3 Å². The summed E-state index contributed by atoms with van der Waals surface area (Å²) in [7, 11) is 1.58. The Morgan fingerprint density at radius 2 is 1.76 bits per heavy atom. The second-order valence-electron chi connectivity index (χ2n) is 10.5. The van der Waals surface area contributed by atoms with E-state index in [1.54, 1.807) is 19.4 Å². The van der Waals surface area contributed by atoms with Crippen LogP contribution in [0.25, 0.3) is 11.0 Å². The summed E-state index contributed by atoms with van der Waals surface area (Å²) in [6, 6.07) is 15.8. The van der Waals surface area contributed by atoms with Crippen LogP contribution in [0.1, 0.15) is 37.5 Å². The first kappa shape index (κ1) is 27.6. The van der Waals surface area contributed by atoms with E-state index in [0.29, 0.717) is 36.1 Å². The molecule has 5 aromatic rings. The lowest BCUT2D eigenvalue weighted by molar-refractivity contribution is -0.157. The van der Waals surface area contributed by atoms with Crippen molar-refractivity contribution in [1.82, 2.24) is 29.5 Å². The first-order valence-electron chi connectivity index (χ1n) is 13.2. The summed E-state index contributed by atoms with van der Waals surface area (Å²) in [5, 5.41) is 13.1. The zero-order chi connectivity index (χ0) is 28.8. The van der Waals surface area contributed by atoms with Gasteiger partial charge in [0.1, 0.15) is 29.2 Å². The van der Waals surface area contributed by atoms with Gasteiger partial charge in [0.2, 0.25) is 0 Å². The van der Waals surface area contributed by atoms with Gasteiger partial charge in [0.15, 0.2) is 12.3 Å². The van der Waals surface area contributed by atoms with Crippen molar-refractivity contribution >= 4 is 22.8 Å². The Balaban J connectivity index is 1.27. The second-order valence-corrected chi connectivity index (χ2v) is 10.5. The van der Waals surface area contributed by atoms with Crippen molar-refractivity contribution in [1.29, 1.82) is 0 Å². The Bertz CT molecular complexity index is 1610. The molecule has 3 aromatic heterocycles. The number of hydrogen-bond acceptors (Lipinski definition) is 9. The van der Waals surface area contributed by atoms with Crippen molar-refractivity contribution in [2.45, 2.75) is 46.0 Å². The molecule has 0 unspecified atom stereocenters. The van der Waals surface area contributed by atoms with Gasteiger partial charge in [0, 0.05) is 36.8 Å². The Kier molecular flexibility index (Phi) is 8.14. The van der Waals surface area contributed by atoms with E-state index in [1.165, 1.54) is 11.9 Å². The average molecular weight is 556 g/mol. The molecule has 0 spiro atoms. The summed E-state index contributed by atoms with van der Waals surface area (Å²) in [5.41, 5.74) is 3.12. The molecule has 3 heterocycles. The normalized spacial score (nSPS) is 11.4. The first-order chi connectivity index (χ1) is 19.8. The van der Waals surface area contributed by atoms with Gasteiger partial charge in [0.05, 0.1) is 25.6 Å². The highest BCUT2D eigenvalue weighted by Crippen LogP contribution is 2.27. The largest absolute Gasteiger partial charge is 0.497 e. The third kappa shape index (κ3) is 7.38. The lowest BCUT2D eigenvalue weighted by Gasteiger charge is -2.20. The molecule has 0 aliphatic heterocycles. The van der Waals surface area contributed by atoms with Crippen molar-refractivity contribution in [2.24, 2.45) is 0 Å². The highest BCUT2D eigenvalue weighted by Gasteiger charge is 2.18. The minimum absolute atomic E-state index is 0.216. The summed E-state index contributed by atoms with van der Waals surface area (Å²) < 4.78 is 20.3. The van der Waals surface area contributed by atoms with E-state index < -0.39 is 11.6 Å².